The summed E-state index contributed by atoms with van der Waals surface area (Å²) in [4.78, 5) is 50.6. The van der Waals surface area contributed by atoms with Gasteiger partial charge < -0.3 is 19.9 Å². The van der Waals surface area contributed by atoms with E-state index in [2.05, 4.69) is 27.8 Å². The maximum atomic E-state index is 13.2. The Morgan fingerprint density at radius 1 is 1.24 bits per heavy atom. The van der Waals surface area contributed by atoms with Gasteiger partial charge in [0.15, 0.2) is 11.0 Å². The topological polar surface area (TPSA) is 158 Å². The number of nitrogens with one attached hydrogen (secondary N) is 2. The van der Waals surface area contributed by atoms with Crippen LogP contribution in [-0.4, -0.2) is 49.3 Å². The highest BCUT2D eigenvalue weighted by Crippen LogP contribution is 2.40. The van der Waals surface area contributed by atoms with E-state index in [0.717, 1.165) is 42.5 Å². The fourth-order valence-corrected chi connectivity index (χ4v) is 6.80. The minimum absolute atomic E-state index is 0.0575. The first-order valence-corrected chi connectivity index (χ1v) is 15.6. The van der Waals surface area contributed by atoms with E-state index in [9.17, 15) is 24.5 Å². The summed E-state index contributed by atoms with van der Waals surface area (Å²) in [7, 11) is 0. The predicted molar refractivity (Wildman–Crippen MR) is 160 cm³/mol. The average Bonchev–Trinajstić information content (AvgIpc) is 3.65. The summed E-state index contributed by atoms with van der Waals surface area (Å²) in [6.45, 7) is 8.08. The molecular formula is C28H34N6O6S2. The molecule has 0 saturated heterocycles. The summed E-state index contributed by atoms with van der Waals surface area (Å²) in [5.41, 5.74) is 1.95. The van der Waals surface area contributed by atoms with Crippen LogP contribution in [0.4, 0.5) is 10.7 Å². The van der Waals surface area contributed by atoms with Gasteiger partial charge in [-0.3, -0.25) is 19.7 Å². The van der Waals surface area contributed by atoms with Gasteiger partial charge in [0.2, 0.25) is 5.91 Å². The fourth-order valence-electron chi connectivity index (χ4n) is 4.62. The van der Waals surface area contributed by atoms with Crippen LogP contribution in [0.3, 0.4) is 0 Å². The summed E-state index contributed by atoms with van der Waals surface area (Å²) >= 11 is 2.67. The molecular weight excluding hydrogens is 580 g/mol. The molecule has 2 amide bonds. The molecule has 2 aromatic heterocycles. The van der Waals surface area contributed by atoms with Gasteiger partial charge in [-0.05, 0) is 58.1 Å². The van der Waals surface area contributed by atoms with Crippen LogP contribution in [0.1, 0.15) is 82.6 Å². The number of ether oxygens (including phenoxy) is 1. The number of nitro benzene ring substituents is 1. The Hall–Kier alpha value is -3.78. The van der Waals surface area contributed by atoms with Crippen LogP contribution in [0.5, 0.6) is 0 Å². The number of anilines is 1. The van der Waals surface area contributed by atoms with Gasteiger partial charge in [-0.2, -0.15) is 0 Å². The zero-order valence-electron chi connectivity index (χ0n) is 24.0. The van der Waals surface area contributed by atoms with Gasteiger partial charge in [0.25, 0.3) is 11.6 Å². The number of unbranched alkanes of at least 4 members (excludes halogenated alkanes) is 1. The molecule has 0 fully saturated rings. The Balaban J connectivity index is 1.46. The molecule has 1 aliphatic rings. The number of aryl methyl sites for hydroxylation is 2. The van der Waals surface area contributed by atoms with Crippen LogP contribution in [0.25, 0.3) is 0 Å². The molecule has 224 valence electrons. The Morgan fingerprint density at radius 2 is 2.02 bits per heavy atom. The minimum Gasteiger partial charge on any atom is -0.462 e. The van der Waals surface area contributed by atoms with E-state index >= 15 is 0 Å². The third kappa shape index (κ3) is 6.98. The van der Waals surface area contributed by atoms with Gasteiger partial charge in [0.1, 0.15) is 5.00 Å². The van der Waals surface area contributed by atoms with Crippen molar-refractivity contribution in [2.75, 3.05) is 11.9 Å². The predicted octanol–water partition coefficient (Wildman–Crippen LogP) is 5.07. The molecule has 1 aliphatic carbocycles. The molecule has 0 aliphatic heterocycles. The molecule has 2 heterocycles. The number of carbonyl (C=O) groups is 3. The van der Waals surface area contributed by atoms with E-state index in [1.165, 1.54) is 41.3 Å². The summed E-state index contributed by atoms with van der Waals surface area (Å²) in [5, 5.41) is 26.0. The number of thioether (sulfide) groups is 1. The zero-order chi connectivity index (χ0) is 30.4. The van der Waals surface area contributed by atoms with Crippen LogP contribution in [0, 0.1) is 17.0 Å². The smallest absolute Gasteiger partial charge is 0.341 e. The molecule has 2 N–H and O–H groups in total. The van der Waals surface area contributed by atoms with Crippen LogP contribution in [0.2, 0.25) is 0 Å². The summed E-state index contributed by atoms with van der Waals surface area (Å²) in [6.07, 6.45) is 4.40. The van der Waals surface area contributed by atoms with Crippen LogP contribution in [-0.2, 0) is 35.5 Å². The highest BCUT2D eigenvalue weighted by Gasteiger charge is 2.30. The molecule has 12 nitrogen and oxygen atoms in total. The number of benzene rings is 1. The lowest BCUT2D eigenvalue weighted by molar-refractivity contribution is -0.385. The third-order valence-corrected chi connectivity index (χ3v) is 9.18. The van der Waals surface area contributed by atoms with E-state index < -0.39 is 22.0 Å². The SMILES string of the molecule is CCCCn1c(CNC(=O)c2ccc(C)c([N+](=O)[O-])c2)nnc1SC(C)C(=O)Nc1sc2c(c1C(=O)OCC)CCC2. The van der Waals surface area contributed by atoms with Crippen molar-refractivity contribution < 1.29 is 24.0 Å². The van der Waals surface area contributed by atoms with Gasteiger partial charge in [-0.25, -0.2) is 4.79 Å². The van der Waals surface area contributed by atoms with Crippen LogP contribution < -0.4 is 10.6 Å². The molecule has 0 radical (unpaired) electrons. The largest absolute Gasteiger partial charge is 0.462 e. The van der Waals surface area contributed by atoms with Crippen molar-refractivity contribution in [1.82, 2.24) is 20.1 Å². The summed E-state index contributed by atoms with van der Waals surface area (Å²) in [5.74, 6) is -0.650. The van der Waals surface area contributed by atoms with Crippen molar-refractivity contribution in [3.05, 3.63) is 61.3 Å². The lowest BCUT2D eigenvalue weighted by atomic mass is 10.1. The number of aromatic nitrogens is 3. The van der Waals surface area contributed by atoms with E-state index in [1.54, 1.807) is 20.8 Å². The quantitative estimate of drug-likeness (QED) is 0.116. The first-order valence-electron chi connectivity index (χ1n) is 13.9. The van der Waals surface area contributed by atoms with Crippen molar-refractivity contribution in [1.29, 1.82) is 0 Å². The average molecular weight is 615 g/mol. The number of carbonyl (C=O) groups excluding carboxylic acids is 3. The van der Waals surface area contributed by atoms with Gasteiger partial charge >= 0.3 is 5.97 Å². The van der Waals surface area contributed by atoms with Crippen LogP contribution in [0.15, 0.2) is 23.4 Å². The van der Waals surface area contributed by atoms with E-state index in [0.29, 0.717) is 33.7 Å². The molecule has 4 rings (SSSR count). The van der Waals surface area contributed by atoms with E-state index in [1.807, 2.05) is 4.57 Å². The number of amides is 2. The molecule has 3 aromatic rings. The van der Waals surface area contributed by atoms with Gasteiger partial charge in [0.05, 0.1) is 28.9 Å². The van der Waals surface area contributed by atoms with Crippen LogP contribution >= 0.6 is 23.1 Å². The Labute approximate surface area is 251 Å². The number of nitro groups is 1. The number of esters is 1. The fraction of sp³-hybridized carbons (Fsp3) is 0.464. The number of fused-ring (bicyclic) bond motifs is 1. The Kier molecular flexibility index (Phi) is 10.3. The highest BCUT2D eigenvalue weighted by atomic mass is 32.2. The van der Waals surface area contributed by atoms with Crippen molar-refractivity contribution in [3.8, 4) is 0 Å². The standard InChI is InChI=1S/C28H34N6O6S2/c1-5-7-13-33-22(15-29-25(36)18-12-11-16(3)20(14-18)34(38)39)31-32-28(33)41-17(4)24(35)30-26-23(27(37)40-6-2)19-9-8-10-21(19)42-26/h11-12,14,17H,5-10,13,15H2,1-4H3,(H,29,36)(H,30,35). The van der Waals surface area contributed by atoms with Gasteiger partial charge in [-0.15, -0.1) is 21.5 Å². The van der Waals surface area contributed by atoms with E-state index in [-0.39, 0.29) is 30.3 Å². The molecule has 0 bridgehead atoms. The lowest BCUT2D eigenvalue weighted by Gasteiger charge is -2.14. The second-order valence-corrected chi connectivity index (χ2v) is 12.3. The normalized spacial score (nSPS) is 13.0. The number of hydrogen-bond acceptors (Lipinski definition) is 10. The van der Waals surface area contributed by atoms with Gasteiger partial charge in [0, 0.05) is 28.6 Å². The number of thiophene rings is 1. The van der Waals surface area contributed by atoms with Crippen molar-refractivity contribution >= 4 is 51.6 Å². The first-order chi connectivity index (χ1) is 20.1. The maximum absolute atomic E-state index is 13.2. The molecule has 0 spiro atoms. The van der Waals surface area contributed by atoms with E-state index in [4.69, 9.17) is 4.74 Å². The second-order valence-electron chi connectivity index (χ2n) is 9.88. The lowest BCUT2D eigenvalue weighted by Crippen LogP contribution is -2.25. The monoisotopic (exact) mass is 614 g/mol. The number of hydrogen-bond donors (Lipinski definition) is 2. The second kappa shape index (κ2) is 13.9. The molecule has 1 unspecified atom stereocenters. The van der Waals surface area contributed by atoms with Crippen molar-refractivity contribution in [3.63, 3.8) is 0 Å². The minimum atomic E-state index is -0.558. The highest BCUT2D eigenvalue weighted by molar-refractivity contribution is 8.00. The number of nitrogens with zero attached hydrogens (tertiary/aromatic N) is 4. The molecule has 14 heteroatoms. The Morgan fingerprint density at radius 3 is 2.74 bits per heavy atom. The molecule has 0 saturated carbocycles. The first kappa shape index (κ1) is 31.2. The molecule has 42 heavy (non-hydrogen) atoms. The van der Waals surface area contributed by atoms with Gasteiger partial charge in [-0.1, -0.05) is 31.2 Å². The third-order valence-electron chi connectivity index (χ3n) is 6.89. The molecule has 1 atom stereocenters. The number of rotatable bonds is 13. The summed E-state index contributed by atoms with van der Waals surface area (Å²) in [6, 6.07) is 4.33. The van der Waals surface area contributed by atoms with Crippen molar-refractivity contribution in [2.45, 2.75) is 83.3 Å². The summed E-state index contributed by atoms with van der Waals surface area (Å²) < 4.78 is 7.14. The molecule has 1 aromatic carbocycles. The maximum Gasteiger partial charge on any atom is 0.341 e. The zero-order valence-corrected chi connectivity index (χ0v) is 25.7. The van der Waals surface area contributed by atoms with Crippen molar-refractivity contribution in [2.24, 2.45) is 0 Å². The Bertz CT molecular complexity index is 1500.